The number of hydrogen-bond acceptors (Lipinski definition) is 6. The second kappa shape index (κ2) is 9.15. The Morgan fingerprint density at radius 1 is 1.00 bits per heavy atom. The fourth-order valence-electron chi connectivity index (χ4n) is 3.27. The molecule has 4 amide bonds. The Morgan fingerprint density at radius 2 is 1.72 bits per heavy atom. The minimum absolute atomic E-state index is 0.164. The third-order valence-electron chi connectivity index (χ3n) is 4.97. The first kappa shape index (κ1) is 21.5. The van der Waals surface area contributed by atoms with Crippen molar-refractivity contribution in [3.8, 4) is 5.75 Å². The highest BCUT2D eigenvalue weighted by molar-refractivity contribution is 7.99. The van der Waals surface area contributed by atoms with Gasteiger partial charge in [-0.25, -0.2) is 4.79 Å². The minimum Gasteiger partial charge on any atom is -0.497 e. The standard InChI is InChI=1S/C24H20N2O5S/c1-15(16-6-4-3-5-7-16)26-23(28)20(22(27)25-24(26)29)14-18-10-13-21(31-18)32-19-11-8-17(30-2)9-12-19/h3-15H,1-2H3,(H,25,27,29)/b20-14-/t15-/m1/s1. The number of carbonyl (C=O) groups excluding carboxylic acids is 3. The molecule has 1 saturated heterocycles. The molecule has 1 atom stereocenters. The molecule has 32 heavy (non-hydrogen) atoms. The van der Waals surface area contributed by atoms with E-state index in [1.807, 2.05) is 54.6 Å². The molecular weight excluding hydrogens is 428 g/mol. The molecular formula is C24H20N2O5S. The van der Waals surface area contributed by atoms with Gasteiger partial charge < -0.3 is 9.15 Å². The Balaban J connectivity index is 1.55. The fourth-order valence-corrected chi connectivity index (χ4v) is 4.05. The van der Waals surface area contributed by atoms with Crippen LogP contribution in [-0.4, -0.2) is 29.9 Å². The predicted octanol–water partition coefficient (Wildman–Crippen LogP) is 4.66. The highest BCUT2D eigenvalue weighted by Crippen LogP contribution is 2.31. The molecule has 1 aliphatic heterocycles. The maximum Gasteiger partial charge on any atom is 0.331 e. The Hall–Kier alpha value is -3.78. The van der Waals surface area contributed by atoms with Crippen molar-refractivity contribution in [3.05, 3.63) is 83.6 Å². The lowest BCUT2D eigenvalue weighted by Crippen LogP contribution is -2.54. The molecule has 2 aromatic carbocycles. The Morgan fingerprint density at radius 3 is 2.41 bits per heavy atom. The number of amides is 4. The predicted molar refractivity (Wildman–Crippen MR) is 119 cm³/mol. The average Bonchev–Trinajstić information content (AvgIpc) is 3.24. The van der Waals surface area contributed by atoms with E-state index in [1.54, 1.807) is 26.2 Å². The van der Waals surface area contributed by atoms with Gasteiger partial charge in [0.25, 0.3) is 11.8 Å². The van der Waals surface area contributed by atoms with Crippen LogP contribution in [0.1, 0.15) is 24.3 Å². The smallest absolute Gasteiger partial charge is 0.331 e. The Labute approximate surface area is 189 Å². The van der Waals surface area contributed by atoms with Crippen LogP contribution in [-0.2, 0) is 9.59 Å². The van der Waals surface area contributed by atoms with Crippen molar-refractivity contribution < 1.29 is 23.5 Å². The number of urea groups is 1. The summed E-state index contributed by atoms with van der Waals surface area (Å²) in [5.74, 6) is -0.334. The summed E-state index contributed by atoms with van der Waals surface area (Å²) in [6, 6.07) is 18.8. The van der Waals surface area contributed by atoms with Gasteiger partial charge >= 0.3 is 6.03 Å². The van der Waals surface area contributed by atoms with E-state index in [0.29, 0.717) is 10.9 Å². The van der Waals surface area contributed by atoms with Crippen molar-refractivity contribution in [3.63, 3.8) is 0 Å². The first-order valence-electron chi connectivity index (χ1n) is 9.83. The summed E-state index contributed by atoms with van der Waals surface area (Å²) >= 11 is 1.39. The van der Waals surface area contributed by atoms with Gasteiger partial charge in [0.15, 0.2) is 5.09 Å². The van der Waals surface area contributed by atoms with E-state index in [0.717, 1.165) is 21.1 Å². The summed E-state index contributed by atoms with van der Waals surface area (Å²) in [5, 5.41) is 2.83. The van der Waals surface area contributed by atoms with Gasteiger partial charge in [0.05, 0.1) is 13.2 Å². The molecule has 0 spiro atoms. The summed E-state index contributed by atoms with van der Waals surface area (Å²) in [4.78, 5) is 39.8. The van der Waals surface area contributed by atoms with Crippen LogP contribution in [0.5, 0.6) is 5.75 Å². The first-order valence-corrected chi connectivity index (χ1v) is 10.6. The molecule has 0 unspecified atom stereocenters. The number of imide groups is 2. The molecule has 4 rings (SSSR count). The molecule has 1 aliphatic rings. The van der Waals surface area contributed by atoms with Crippen molar-refractivity contribution in [1.82, 2.24) is 10.2 Å². The molecule has 1 aromatic heterocycles. The van der Waals surface area contributed by atoms with E-state index < -0.39 is 23.9 Å². The molecule has 3 aromatic rings. The largest absolute Gasteiger partial charge is 0.497 e. The van der Waals surface area contributed by atoms with E-state index in [1.165, 1.54) is 17.8 Å². The molecule has 162 valence electrons. The lowest BCUT2D eigenvalue weighted by molar-refractivity contribution is -0.131. The lowest BCUT2D eigenvalue weighted by atomic mass is 10.0. The second-order valence-corrected chi connectivity index (χ2v) is 8.09. The van der Waals surface area contributed by atoms with Gasteiger partial charge in [0.2, 0.25) is 0 Å². The van der Waals surface area contributed by atoms with E-state index in [2.05, 4.69) is 5.32 Å². The van der Waals surface area contributed by atoms with Crippen LogP contribution in [0.4, 0.5) is 4.79 Å². The Kier molecular flexibility index (Phi) is 6.13. The third kappa shape index (κ3) is 4.45. The molecule has 0 bridgehead atoms. The summed E-state index contributed by atoms with van der Waals surface area (Å²) in [6.07, 6.45) is 1.35. The molecule has 1 fully saturated rings. The number of ether oxygens (including phenoxy) is 1. The number of nitrogens with zero attached hydrogens (tertiary/aromatic N) is 1. The summed E-state index contributed by atoms with van der Waals surface area (Å²) in [7, 11) is 1.60. The number of furan rings is 1. The zero-order valence-electron chi connectivity index (χ0n) is 17.4. The number of methoxy groups -OCH3 is 1. The zero-order valence-corrected chi connectivity index (χ0v) is 18.2. The van der Waals surface area contributed by atoms with Gasteiger partial charge in [-0.15, -0.1) is 0 Å². The Bertz CT molecular complexity index is 1180. The van der Waals surface area contributed by atoms with Crippen molar-refractivity contribution in [1.29, 1.82) is 0 Å². The average molecular weight is 449 g/mol. The van der Waals surface area contributed by atoms with E-state index in [4.69, 9.17) is 9.15 Å². The first-order chi connectivity index (χ1) is 15.5. The molecule has 7 nitrogen and oxygen atoms in total. The third-order valence-corrected chi connectivity index (χ3v) is 5.90. The van der Waals surface area contributed by atoms with Gasteiger partial charge in [-0.1, -0.05) is 42.1 Å². The molecule has 2 heterocycles. The second-order valence-electron chi connectivity index (χ2n) is 7.01. The quantitative estimate of drug-likeness (QED) is 0.436. The fraction of sp³-hybridized carbons (Fsp3) is 0.125. The summed E-state index contributed by atoms with van der Waals surface area (Å²) in [5.41, 5.74) is 0.614. The minimum atomic E-state index is -0.753. The molecule has 0 saturated carbocycles. The maximum absolute atomic E-state index is 13.0. The van der Waals surface area contributed by atoms with Gasteiger partial charge in [0.1, 0.15) is 17.1 Å². The normalized spacial score (nSPS) is 16.2. The zero-order chi connectivity index (χ0) is 22.7. The van der Waals surface area contributed by atoms with Gasteiger partial charge in [0, 0.05) is 4.90 Å². The molecule has 0 aliphatic carbocycles. The van der Waals surface area contributed by atoms with Crippen molar-refractivity contribution in [2.75, 3.05) is 7.11 Å². The number of rotatable bonds is 6. The lowest BCUT2D eigenvalue weighted by Gasteiger charge is -2.31. The van der Waals surface area contributed by atoms with E-state index in [-0.39, 0.29) is 5.57 Å². The SMILES string of the molecule is COc1ccc(Sc2ccc(/C=C3/C(=O)NC(=O)N([C@H](C)c4ccccc4)C3=O)o2)cc1. The van der Waals surface area contributed by atoms with Crippen molar-refractivity contribution >= 4 is 35.7 Å². The van der Waals surface area contributed by atoms with Crippen LogP contribution in [0, 0.1) is 0 Å². The number of nitrogens with one attached hydrogen (secondary N) is 1. The summed E-state index contributed by atoms with van der Waals surface area (Å²) < 4.78 is 10.9. The monoisotopic (exact) mass is 448 g/mol. The summed E-state index contributed by atoms with van der Waals surface area (Å²) in [6.45, 7) is 1.73. The van der Waals surface area contributed by atoms with Gasteiger partial charge in [-0.3, -0.25) is 19.8 Å². The van der Waals surface area contributed by atoms with E-state index >= 15 is 0 Å². The maximum atomic E-state index is 13.0. The molecule has 1 N–H and O–H groups in total. The van der Waals surface area contributed by atoms with Crippen LogP contribution in [0.25, 0.3) is 6.08 Å². The number of hydrogen-bond donors (Lipinski definition) is 1. The number of benzene rings is 2. The topological polar surface area (TPSA) is 88.9 Å². The highest BCUT2D eigenvalue weighted by atomic mass is 32.2. The van der Waals surface area contributed by atoms with Gasteiger partial charge in [-0.2, -0.15) is 0 Å². The van der Waals surface area contributed by atoms with E-state index in [9.17, 15) is 14.4 Å². The molecule has 0 radical (unpaired) electrons. The molecule has 8 heteroatoms. The van der Waals surface area contributed by atoms with Crippen LogP contribution in [0.2, 0.25) is 0 Å². The number of carbonyl (C=O) groups is 3. The van der Waals surface area contributed by atoms with Crippen LogP contribution in [0.3, 0.4) is 0 Å². The van der Waals surface area contributed by atoms with Crippen LogP contribution in [0.15, 0.2) is 86.7 Å². The highest BCUT2D eigenvalue weighted by Gasteiger charge is 2.39. The van der Waals surface area contributed by atoms with Gasteiger partial charge in [-0.05, 0) is 55.0 Å². The number of barbiturate groups is 1. The van der Waals surface area contributed by atoms with Crippen LogP contribution >= 0.6 is 11.8 Å². The van der Waals surface area contributed by atoms with Crippen molar-refractivity contribution in [2.45, 2.75) is 23.0 Å². The van der Waals surface area contributed by atoms with Crippen molar-refractivity contribution in [2.24, 2.45) is 0 Å². The van der Waals surface area contributed by atoms with Crippen LogP contribution < -0.4 is 10.1 Å².